The van der Waals surface area contributed by atoms with E-state index in [1.165, 1.54) is 6.26 Å². The van der Waals surface area contributed by atoms with Crippen LogP contribution in [0.3, 0.4) is 0 Å². The van der Waals surface area contributed by atoms with Gasteiger partial charge in [0.2, 0.25) is 0 Å². The van der Waals surface area contributed by atoms with Gasteiger partial charge in [0.05, 0.1) is 0 Å². The SMILES string of the molecule is CN(C)/C=C(/C=[N+](C)C)S(C)(=O)=O.[O-][Cl+3]([O-])([O-])[O-]. The van der Waals surface area contributed by atoms with Gasteiger partial charge in [0.1, 0.15) is 19.0 Å². The minimum absolute atomic E-state index is 0.308. The first-order valence-electron chi connectivity index (χ1n) is 4.45. The van der Waals surface area contributed by atoms with Crippen molar-refractivity contribution in [3.63, 3.8) is 0 Å². The van der Waals surface area contributed by atoms with Crippen molar-refractivity contribution in [3.8, 4) is 0 Å². The fourth-order valence-electron chi connectivity index (χ4n) is 0.734. The average Bonchev–Trinajstić information content (AvgIpc) is 1.95. The normalized spacial score (nSPS) is 12.4. The highest BCUT2D eigenvalue weighted by molar-refractivity contribution is 7.95. The number of allylic oxidation sites excluding steroid dienone is 1. The highest BCUT2D eigenvalue weighted by Crippen LogP contribution is 2.01. The van der Waals surface area contributed by atoms with E-state index in [1.54, 1.807) is 50.1 Å². The van der Waals surface area contributed by atoms with E-state index in [0.717, 1.165) is 0 Å². The molecule has 108 valence electrons. The van der Waals surface area contributed by atoms with E-state index >= 15 is 0 Å². The number of sulfone groups is 1. The van der Waals surface area contributed by atoms with Gasteiger partial charge in [-0.05, 0) is 0 Å². The standard InChI is InChI=1S/C8H17N2O2S.ClHO4/c1-9(2)6-8(7-10(3)4)13(5,11)12;2-1(3,4)5/h6-7H,1-5H3;(H,2,3,4,5)/q+1;/p-1. The molecule has 0 aromatic carbocycles. The molecular weight excluding hydrogens is 288 g/mol. The summed E-state index contributed by atoms with van der Waals surface area (Å²) in [6, 6.07) is 0. The molecule has 0 saturated carbocycles. The fourth-order valence-corrected chi connectivity index (χ4v) is 1.54. The van der Waals surface area contributed by atoms with E-state index in [2.05, 4.69) is 0 Å². The molecule has 0 aliphatic rings. The molecule has 8 nitrogen and oxygen atoms in total. The van der Waals surface area contributed by atoms with Gasteiger partial charge >= 0.3 is 0 Å². The van der Waals surface area contributed by atoms with Crippen molar-refractivity contribution in [3.05, 3.63) is 11.1 Å². The Bertz CT molecular complexity index is 400. The molecule has 0 radical (unpaired) electrons. The summed E-state index contributed by atoms with van der Waals surface area (Å²) < 4.78 is 58.2. The first-order valence-corrected chi connectivity index (χ1v) is 7.57. The van der Waals surface area contributed by atoms with E-state index in [-0.39, 0.29) is 0 Å². The molecule has 0 heterocycles. The van der Waals surface area contributed by atoms with E-state index in [9.17, 15) is 8.42 Å². The monoisotopic (exact) mass is 304 g/mol. The maximum atomic E-state index is 11.2. The first-order chi connectivity index (χ1) is 7.73. The van der Waals surface area contributed by atoms with Crippen molar-refractivity contribution in [2.75, 3.05) is 34.4 Å². The second-order valence-electron chi connectivity index (χ2n) is 3.74. The summed E-state index contributed by atoms with van der Waals surface area (Å²) in [7, 11) is -0.932. The number of hydrogen-bond donors (Lipinski definition) is 0. The smallest absolute Gasteiger partial charge is 0.183 e. The van der Waals surface area contributed by atoms with Crippen molar-refractivity contribution in [2.24, 2.45) is 0 Å². The molecule has 0 amide bonds. The number of rotatable bonds is 3. The lowest BCUT2D eigenvalue weighted by Gasteiger charge is -2.17. The third-order valence-corrected chi connectivity index (χ3v) is 2.27. The molecule has 0 spiro atoms. The predicted molar refractivity (Wildman–Crippen MR) is 54.8 cm³/mol. The lowest BCUT2D eigenvalue weighted by molar-refractivity contribution is -2.00. The molecule has 0 unspecified atom stereocenters. The van der Waals surface area contributed by atoms with Gasteiger partial charge in [-0.3, -0.25) is 0 Å². The van der Waals surface area contributed by atoms with Crippen molar-refractivity contribution < 1.29 is 41.9 Å². The Morgan fingerprint density at radius 3 is 1.67 bits per heavy atom. The van der Waals surface area contributed by atoms with E-state index in [4.69, 9.17) is 18.6 Å². The molecule has 0 N–H and O–H groups in total. The molecule has 0 aromatic rings. The van der Waals surface area contributed by atoms with Crippen molar-refractivity contribution >= 4 is 16.1 Å². The van der Waals surface area contributed by atoms with Gasteiger partial charge in [-0.25, -0.2) is 31.6 Å². The van der Waals surface area contributed by atoms with Crippen LogP contribution < -0.4 is 18.6 Å². The number of halogens is 1. The maximum absolute atomic E-state index is 11.2. The summed E-state index contributed by atoms with van der Waals surface area (Å²) in [5, 5.41) is 0. The summed E-state index contributed by atoms with van der Waals surface area (Å²) in [6.07, 6.45) is 4.35. The number of nitrogens with zero attached hydrogens (tertiary/aromatic N) is 2. The summed E-state index contributed by atoms with van der Waals surface area (Å²) >= 11 is 0. The summed E-state index contributed by atoms with van der Waals surface area (Å²) in [5.74, 6) is 0. The minimum Gasteiger partial charge on any atom is -0.382 e. The Morgan fingerprint density at radius 1 is 1.17 bits per heavy atom. The Labute approximate surface area is 109 Å². The summed E-state index contributed by atoms with van der Waals surface area (Å²) in [4.78, 5) is 2.01. The Balaban J connectivity index is 0. The highest BCUT2D eigenvalue weighted by Gasteiger charge is 2.12. The molecule has 0 aliphatic carbocycles. The van der Waals surface area contributed by atoms with E-state index < -0.39 is 20.1 Å². The lowest BCUT2D eigenvalue weighted by atomic mass is 10.6. The van der Waals surface area contributed by atoms with Crippen LogP contribution in [0.15, 0.2) is 11.1 Å². The second-order valence-corrected chi connectivity index (χ2v) is 6.51. The minimum atomic E-state index is -4.94. The fraction of sp³-hybridized carbons (Fsp3) is 0.625. The maximum Gasteiger partial charge on any atom is 0.183 e. The van der Waals surface area contributed by atoms with Gasteiger partial charge in [0.25, 0.3) is 0 Å². The van der Waals surface area contributed by atoms with Crippen LogP contribution in [0.25, 0.3) is 0 Å². The molecule has 0 aromatic heterocycles. The van der Waals surface area contributed by atoms with E-state index in [1.807, 2.05) is 0 Å². The zero-order valence-electron chi connectivity index (χ0n) is 10.8. The molecular formula is C8H17ClN2O6S. The van der Waals surface area contributed by atoms with Crippen LogP contribution in [0.2, 0.25) is 0 Å². The van der Waals surface area contributed by atoms with Gasteiger partial charge in [0, 0.05) is 26.6 Å². The molecule has 0 rings (SSSR count). The first kappa shape index (κ1) is 19.6. The van der Waals surface area contributed by atoms with Crippen molar-refractivity contribution in [1.82, 2.24) is 4.90 Å². The Hall–Kier alpha value is -0.710. The van der Waals surface area contributed by atoms with Gasteiger partial charge in [-0.15, -0.1) is 10.2 Å². The van der Waals surface area contributed by atoms with Crippen LogP contribution in [0.4, 0.5) is 0 Å². The predicted octanol–water partition coefficient (Wildman–Crippen LogP) is -4.98. The van der Waals surface area contributed by atoms with Crippen LogP contribution >= 0.6 is 0 Å². The van der Waals surface area contributed by atoms with E-state index in [0.29, 0.717) is 4.91 Å². The van der Waals surface area contributed by atoms with Crippen LogP contribution in [0.1, 0.15) is 0 Å². The molecule has 0 fully saturated rings. The topological polar surface area (TPSA) is 133 Å². The largest absolute Gasteiger partial charge is 0.382 e. The van der Waals surface area contributed by atoms with Crippen LogP contribution in [-0.4, -0.2) is 58.6 Å². The number of hydrogen-bond acceptors (Lipinski definition) is 7. The Morgan fingerprint density at radius 2 is 1.50 bits per heavy atom. The molecule has 0 bridgehead atoms. The van der Waals surface area contributed by atoms with Crippen LogP contribution in [-0.2, 0) is 9.84 Å². The average molecular weight is 305 g/mol. The molecule has 18 heavy (non-hydrogen) atoms. The Kier molecular flexibility index (Phi) is 8.36. The second kappa shape index (κ2) is 7.67. The zero-order valence-corrected chi connectivity index (χ0v) is 12.4. The summed E-state index contributed by atoms with van der Waals surface area (Å²) in [5.41, 5.74) is 0. The quantitative estimate of drug-likeness (QED) is 0.376. The zero-order chi connectivity index (χ0) is 15.1. The van der Waals surface area contributed by atoms with Gasteiger partial charge < -0.3 is 4.90 Å². The molecule has 10 heteroatoms. The van der Waals surface area contributed by atoms with Crippen LogP contribution in [0, 0.1) is 10.2 Å². The summed E-state index contributed by atoms with van der Waals surface area (Å²) in [6.45, 7) is 0. The van der Waals surface area contributed by atoms with Crippen molar-refractivity contribution in [2.45, 2.75) is 0 Å². The highest BCUT2D eigenvalue weighted by atomic mass is 35.7. The van der Waals surface area contributed by atoms with Crippen molar-refractivity contribution in [1.29, 1.82) is 0 Å². The van der Waals surface area contributed by atoms with Gasteiger partial charge in [0.15, 0.2) is 16.1 Å². The lowest BCUT2D eigenvalue weighted by Crippen LogP contribution is -2.68. The van der Waals surface area contributed by atoms with Crippen LogP contribution in [0.5, 0.6) is 0 Å². The third-order valence-electron chi connectivity index (χ3n) is 1.20. The van der Waals surface area contributed by atoms with Gasteiger partial charge in [-0.1, -0.05) is 0 Å². The third kappa shape index (κ3) is 17.7. The van der Waals surface area contributed by atoms with Gasteiger partial charge in [-0.2, -0.15) is 0 Å². The molecule has 0 saturated heterocycles. The molecule has 0 atom stereocenters. The molecule has 0 aliphatic heterocycles.